The maximum Gasteiger partial charge on any atom is 0.236 e. The van der Waals surface area contributed by atoms with Crippen LogP contribution in [0, 0.1) is 28.6 Å². The fraction of sp³-hybridized carbons (Fsp3) is 0.375. The number of benzene rings is 1. The van der Waals surface area contributed by atoms with Crippen LogP contribution in [0.15, 0.2) is 18.2 Å². The van der Waals surface area contributed by atoms with Crippen molar-refractivity contribution < 1.29 is 9.59 Å². The van der Waals surface area contributed by atoms with Gasteiger partial charge >= 0.3 is 0 Å². The molecule has 104 valence electrons. The van der Waals surface area contributed by atoms with Gasteiger partial charge in [-0.2, -0.15) is 10.5 Å². The van der Waals surface area contributed by atoms with Crippen LogP contribution in [0.4, 0.5) is 0 Å². The average molecular weight is 279 g/mol. The molecule has 1 aliphatic carbocycles. The van der Waals surface area contributed by atoms with E-state index in [0.29, 0.717) is 11.1 Å². The molecule has 21 heavy (non-hydrogen) atoms. The van der Waals surface area contributed by atoms with Gasteiger partial charge in [-0.25, -0.2) is 0 Å². The summed E-state index contributed by atoms with van der Waals surface area (Å²) < 4.78 is 0. The number of amides is 1. The number of carbonyl (C=O) groups is 2. The molecule has 1 saturated heterocycles. The Morgan fingerprint density at radius 1 is 1.24 bits per heavy atom. The number of hydrogen-bond acceptors (Lipinski definition) is 4. The van der Waals surface area contributed by atoms with Crippen LogP contribution in [0.1, 0.15) is 42.4 Å². The second-order valence-electron chi connectivity index (χ2n) is 5.79. The highest BCUT2D eigenvalue weighted by Crippen LogP contribution is 2.45. The fourth-order valence-corrected chi connectivity index (χ4v) is 3.03. The largest absolute Gasteiger partial charge is 0.343 e. The van der Waals surface area contributed by atoms with Gasteiger partial charge in [-0.3, -0.25) is 9.59 Å². The summed E-state index contributed by atoms with van der Waals surface area (Å²) in [7, 11) is 0. The van der Waals surface area contributed by atoms with E-state index in [4.69, 9.17) is 5.26 Å². The molecular weight excluding hydrogens is 266 g/mol. The number of nitrogens with zero attached hydrogens (tertiary/aromatic N) is 2. The van der Waals surface area contributed by atoms with Gasteiger partial charge in [-0.1, -0.05) is 6.07 Å². The molecule has 1 aromatic carbocycles. The van der Waals surface area contributed by atoms with Crippen molar-refractivity contribution in [3.05, 3.63) is 34.9 Å². The first-order valence-corrected chi connectivity index (χ1v) is 6.81. The number of hydrogen-bond donors (Lipinski definition) is 1. The molecule has 1 aliphatic heterocycles. The van der Waals surface area contributed by atoms with E-state index in [-0.39, 0.29) is 23.2 Å². The zero-order chi connectivity index (χ0) is 15.2. The lowest BCUT2D eigenvalue weighted by Crippen LogP contribution is -2.45. The van der Waals surface area contributed by atoms with E-state index in [2.05, 4.69) is 5.32 Å². The summed E-state index contributed by atoms with van der Waals surface area (Å²) in [6, 6.07) is 8.42. The Morgan fingerprint density at radius 2 is 1.95 bits per heavy atom. The van der Waals surface area contributed by atoms with Crippen LogP contribution in [0.3, 0.4) is 0 Å². The number of ketones is 1. The molecule has 2 atom stereocenters. The van der Waals surface area contributed by atoms with Crippen LogP contribution in [0.25, 0.3) is 0 Å². The van der Waals surface area contributed by atoms with E-state index in [1.54, 1.807) is 6.92 Å². The van der Waals surface area contributed by atoms with Crippen molar-refractivity contribution in [2.75, 3.05) is 0 Å². The molecule has 2 unspecified atom stereocenters. The van der Waals surface area contributed by atoms with Crippen molar-refractivity contribution in [3.63, 3.8) is 0 Å². The van der Waals surface area contributed by atoms with Gasteiger partial charge in [0.05, 0.1) is 28.8 Å². The first-order chi connectivity index (χ1) is 10.0. The quantitative estimate of drug-likeness (QED) is 0.827. The van der Waals surface area contributed by atoms with Gasteiger partial charge in [0.15, 0.2) is 5.78 Å². The van der Waals surface area contributed by atoms with E-state index in [9.17, 15) is 14.9 Å². The Morgan fingerprint density at radius 3 is 2.52 bits per heavy atom. The SMILES string of the molecule is CC1(C2CC2)NC(=O)C(c2ccc(C#N)cc2C#N)C1=O. The second-order valence-corrected chi connectivity index (χ2v) is 5.79. The van der Waals surface area contributed by atoms with E-state index in [1.165, 1.54) is 18.2 Å². The van der Waals surface area contributed by atoms with Crippen molar-refractivity contribution in [2.24, 2.45) is 5.92 Å². The second kappa shape index (κ2) is 4.43. The Labute approximate surface area is 122 Å². The molecule has 1 aromatic rings. The average Bonchev–Trinajstić information content (AvgIpc) is 3.29. The predicted octanol–water partition coefficient (Wildman–Crippen LogP) is 1.38. The normalized spacial score (nSPS) is 27.9. The summed E-state index contributed by atoms with van der Waals surface area (Å²) in [6.07, 6.45) is 1.88. The van der Waals surface area contributed by atoms with Crippen LogP contribution in [-0.2, 0) is 9.59 Å². The zero-order valence-corrected chi connectivity index (χ0v) is 11.5. The first kappa shape index (κ1) is 13.3. The fourth-order valence-electron chi connectivity index (χ4n) is 3.03. The number of rotatable bonds is 2. The van der Waals surface area contributed by atoms with Gasteiger partial charge in [0.2, 0.25) is 5.91 Å². The number of Topliss-reactive ketones (excluding diaryl/α,β-unsaturated/α-hetero) is 1. The smallest absolute Gasteiger partial charge is 0.236 e. The summed E-state index contributed by atoms with van der Waals surface area (Å²) in [6.45, 7) is 1.76. The summed E-state index contributed by atoms with van der Waals surface area (Å²) in [5.74, 6) is -1.27. The van der Waals surface area contributed by atoms with Gasteiger partial charge in [0.25, 0.3) is 0 Å². The predicted molar refractivity (Wildman–Crippen MR) is 72.9 cm³/mol. The lowest BCUT2D eigenvalue weighted by molar-refractivity contribution is -0.125. The minimum absolute atomic E-state index is 0.170. The molecule has 1 N–H and O–H groups in total. The molecule has 0 aromatic heterocycles. The Balaban J connectivity index is 2.05. The molecule has 5 nitrogen and oxygen atoms in total. The standard InChI is InChI=1S/C16H13N3O2/c1-16(11-3-4-11)14(20)13(15(21)19-16)12-5-2-9(7-17)6-10(12)8-18/h2,5-6,11,13H,3-4H2,1H3,(H,19,21). The molecule has 0 radical (unpaired) electrons. The lowest BCUT2D eigenvalue weighted by atomic mass is 9.83. The Hall–Kier alpha value is -2.66. The molecule has 1 amide bonds. The van der Waals surface area contributed by atoms with Crippen LogP contribution in [-0.4, -0.2) is 17.2 Å². The van der Waals surface area contributed by atoms with E-state index in [0.717, 1.165) is 12.8 Å². The molecule has 5 heteroatoms. The van der Waals surface area contributed by atoms with E-state index >= 15 is 0 Å². The van der Waals surface area contributed by atoms with Gasteiger partial charge < -0.3 is 5.32 Å². The minimum Gasteiger partial charge on any atom is -0.343 e. The summed E-state index contributed by atoms with van der Waals surface area (Å²) in [5.41, 5.74) is 0.125. The summed E-state index contributed by atoms with van der Waals surface area (Å²) in [4.78, 5) is 24.9. The van der Waals surface area contributed by atoms with Gasteiger partial charge in [-0.15, -0.1) is 0 Å². The van der Waals surface area contributed by atoms with E-state index < -0.39 is 11.5 Å². The first-order valence-electron chi connectivity index (χ1n) is 6.81. The molecule has 0 spiro atoms. The van der Waals surface area contributed by atoms with Gasteiger partial charge in [-0.05, 0) is 43.4 Å². The van der Waals surface area contributed by atoms with Crippen molar-refractivity contribution >= 4 is 11.7 Å². The van der Waals surface area contributed by atoms with Crippen molar-refractivity contribution in [1.82, 2.24) is 5.32 Å². The summed E-state index contributed by atoms with van der Waals surface area (Å²) >= 11 is 0. The van der Waals surface area contributed by atoms with Crippen molar-refractivity contribution in [2.45, 2.75) is 31.2 Å². The lowest BCUT2D eigenvalue weighted by Gasteiger charge is -2.21. The molecule has 1 heterocycles. The van der Waals surface area contributed by atoms with Crippen LogP contribution < -0.4 is 5.32 Å². The van der Waals surface area contributed by atoms with Crippen LogP contribution in [0.2, 0.25) is 0 Å². The van der Waals surface area contributed by atoms with Gasteiger partial charge in [0.1, 0.15) is 5.92 Å². The van der Waals surface area contributed by atoms with Gasteiger partial charge in [0, 0.05) is 0 Å². The Kier molecular flexibility index (Phi) is 2.81. The highest BCUT2D eigenvalue weighted by molar-refractivity contribution is 6.17. The summed E-state index contributed by atoms with van der Waals surface area (Å²) in [5, 5.41) is 20.9. The third-order valence-electron chi connectivity index (χ3n) is 4.43. The third kappa shape index (κ3) is 1.90. The van der Waals surface area contributed by atoms with E-state index in [1.807, 2.05) is 12.1 Å². The topological polar surface area (TPSA) is 93.8 Å². The third-order valence-corrected chi connectivity index (χ3v) is 4.43. The zero-order valence-electron chi connectivity index (χ0n) is 11.5. The number of carbonyl (C=O) groups excluding carboxylic acids is 2. The minimum atomic E-state index is -0.946. The highest BCUT2D eigenvalue weighted by atomic mass is 16.2. The highest BCUT2D eigenvalue weighted by Gasteiger charge is 2.57. The maximum absolute atomic E-state index is 12.7. The molecule has 3 rings (SSSR count). The van der Waals surface area contributed by atoms with Crippen LogP contribution >= 0.6 is 0 Å². The molecule has 2 aliphatic rings. The maximum atomic E-state index is 12.7. The van der Waals surface area contributed by atoms with Crippen molar-refractivity contribution in [1.29, 1.82) is 10.5 Å². The van der Waals surface area contributed by atoms with Crippen LogP contribution in [0.5, 0.6) is 0 Å². The number of nitrogens with one attached hydrogen (secondary N) is 1. The molecular formula is C16H13N3O2. The van der Waals surface area contributed by atoms with Crippen molar-refractivity contribution in [3.8, 4) is 12.1 Å². The molecule has 2 fully saturated rings. The molecule has 0 bridgehead atoms. The number of nitriles is 2. The Bertz CT molecular complexity index is 737. The monoisotopic (exact) mass is 279 g/mol. The molecule has 1 saturated carbocycles.